The van der Waals surface area contributed by atoms with Crippen molar-refractivity contribution < 1.29 is 19.7 Å². The summed E-state index contributed by atoms with van der Waals surface area (Å²) >= 11 is 0. The van der Waals surface area contributed by atoms with Crippen LogP contribution in [0.15, 0.2) is 43.0 Å². The summed E-state index contributed by atoms with van der Waals surface area (Å²) in [5, 5.41) is 21.7. The van der Waals surface area contributed by atoms with Crippen LogP contribution in [-0.2, 0) is 16.3 Å². The maximum atomic E-state index is 12.0. The summed E-state index contributed by atoms with van der Waals surface area (Å²) < 4.78 is 7.45. The molecule has 152 valence electrons. The topological polar surface area (TPSA) is 148 Å². The Labute approximate surface area is 166 Å². The Morgan fingerprint density at radius 3 is 2.93 bits per heavy atom. The van der Waals surface area contributed by atoms with Crippen LogP contribution in [0.2, 0.25) is 0 Å². The van der Waals surface area contributed by atoms with E-state index in [0.29, 0.717) is 23.1 Å². The van der Waals surface area contributed by atoms with Crippen molar-refractivity contribution in [3.63, 3.8) is 0 Å². The van der Waals surface area contributed by atoms with E-state index in [1.54, 1.807) is 35.2 Å². The minimum Gasteiger partial charge on any atom is -0.507 e. The number of imidazole rings is 1. The number of para-hydroxylation sites is 1. The number of aromatic hydroxyl groups is 1. The second kappa shape index (κ2) is 9.62. The number of aromatic nitrogens is 4. The summed E-state index contributed by atoms with van der Waals surface area (Å²) in [5.41, 5.74) is 7.33. The third-order valence-corrected chi connectivity index (χ3v) is 4.18. The van der Waals surface area contributed by atoms with Crippen LogP contribution in [0.3, 0.4) is 0 Å². The van der Waals surface area contributed by atoms with Gasteiger partial charge in [0.15, 0.2) is 11.5 Å². The number of aliphatic hydroxyl groups is 1. The van der Waals surface area contributed by atoms with Crippen molar-refractivity contribution in [2.24, 2.45) is 0 Å². The fourth-order valence-corrected chi connectivity index (χ4v) is 2.63. The molecular weight excluding hydrogens is 376 g/mol. The molecule has 0 saturated heterocycles. The maximum absolute atomic E-state index is 12.0. The zero-order valence-corrected chi connectivity index (χ0v) is 15.6. The number of nitrogens with two attached hydrogens (primary N) is 1. The number of nitrogen functional groups attached to an aromatic ring is 1. The summed E-state index contributed by atoms with van der Waals surface area (Å²) in [5.74, 6) is 0.0348. The predicted octanol–water partition coefficient (Wildman–Crippen LogP) is 0.669. The van der Waals surface area contributed by atoms with Gasteiger partial charge in [0.25, 0.3) is 0 Å². The van der Waals surface area contributed by atoms with Gasteiger partial charge in [0, 0.05) is 24.8 Å². The van der Waals surface area contributed by atoms with Gasteiger partial charge in [0.05, 0.1) is 12.4 Å². The Morgan fingerprint density at radius 2 is 2.14 bits per heavy atom. The molecule has 5 N–H and O–H groups in total. The molecule has 10 nitrogen and oxygen atoms in total. The highest BCUT2D eigenvalue weighted by Gasteiger charge is 2.13. The van der Waals surface area contributed by atoms with E-state index in [2.05, 4.69) is 20.3 Å². The van der Waals surface area contributed by atoms with Crippen molar-refractivity contribution in [1.29, 1.82) is 0 Å². The average Bonchev–Trinajstić information content (AvgIpc) is 3.14. The molecule has 0 radical (unpaired) electrons. The number of benzene rings is 1. The molecule has 1 amide bonds. The summed E-state index contributed by atoms with van der Waals surface area (Å²) in [6.07, 6.45) is 5.66. The number of carbonyl (C=O) groups excluding carboxylic acids is 1. The molecule has 0 aliphatic heterocycles. The largest absolute Gasteiger partial charge is 0.507 e. The first-order chi connectivity index (χ1) is 14.1. The number of rotatable bonds is 9. The Hall–Kier alpha value is -3.50. The number of amides is 1. The summed E-state index contributed by atoms with van der Waals surface area (Å²) in [7, 11) is 0. The molecule has 29 heavy (non-hydrogen) atoms. The lowest BCUT2D eigenvalue weighted by molar-refractivity contribution is -0.117. The number of ether oxygens (including phenoxy) is 1. The Morgan fingerprint density at radius 1 is 1.31 bits per heavy atom. The van der Waals surface area contributed by atoms with Gasteiger partial charge in [-0.3, -0.25) is 9.36 Å². The molecule has 1 aromatic carbocycles. The van der Waals surface area contributed by atoms with Gasteiger partial charge in [-0.15, -0.1) is 0 Å². The first-order valence-electron chi connectivity index (χ1n) is 8.96. The molecule has 0 saturated carbocycles. The molecule has 2 aromatic heterocycles. The number of aliphatic hydroxyl groups excluding tert-OH is 1. The molecule has 2 heterocycles. The number of fused-ring (bicyclic) bond motifs is 1. The predicted molar refractivity (Wildman–Crippen MR) is 106 cm³/mol. The molecule has 0 fully saturated rings. The number of hydrogen-bond donors (Lipinski definition) is 4. The Kier molecular flexibility index (Phi) is 6.72. The van der Waals surface area contributed by atoms with E-state index < -0.39 is 6.10 Å². The third-order valence-electron chi connectivity index (χ3n) is 4.18. The van der Waals surface area contributed by atoms with Crippen LogP contribution in [0.1, 0.15) is 12.0 Å². The van der Waals surface area contributed by atoms with Crippen LogP contribution < -0.4 is 11.1 Å². The van der Waals surface area contributed by atoms with Crippen molar-refractivity contribution >= 4 is 29.0 Å². The lowest BCUT2D eigenvalue weighted by Crippen LogP contribution is -2.33. The number of carbonyl (C=O) groups is 1. The number of nitrogens with zero attached hydrogens (tertiary/aromatic N) is 4. The highest BCUT2D eigenvalue weighted by Crippen LogP contribution is 2.17. The minimum absolute atomic E-state index is 0.0892. The van der Waals surface area contributed by atoms with Gasteiger partial charge >= 0.3 is 0 Å². The number of phenolic OH excluding ortho intramolecular Hbond substituents is 1. The fourth-order valence-electron chi connectivity index (χ4n) is 2.63. The molecule has 0 spiro atoms. The minimum atomic E-state index is -0.417. The fraction of sp³-hybridized carbons (Fsp3) is 0.263. The van der Waals surface area contributed by atoms with Crippen molar-refractivity contribution in [1.82, 2.24) is 24.8 Å². The van der Waals surface area contributed by atoms with E-state index >= 15 is 0 Å². The van der Waals surface area contributed by atoms with E-state index in [4.69, 9.17) is 10.5 Å². The number of anilines is 1. The first kappa shape index (κ1) is 20.2. The molecule has 0 unspecified atom stereocenters. The zero-order valence-electron chi connectivity index (χ0n) is 15.6. The van der Waals surface area contributed by atoms with Crippen molar-refractivity contribution in [3.8, 4) is 5.75 Å². The van der Waals surface area contributed by atoms with E-state index in [1.165, 1.54) is 18.5 Å². The van der Waals surface area contributed by atoms with E-state index in [1.807, 2.05) is 0 Å². The summed E-state index contributed by atoms with van der Waals surface area (Å²) in [4.78, 5) is 24.2. The third kappa shape index (κ3) is 5.27. The molecule has 0 aliphatic rings. The van der Waals surface area contributed by atoms with Crippen LogP contribution in [0.5, 0.6) is 5.75 Å². The van der Waals surface area contributed by atoms with E-state index in [-0.39, 0.29) is 37.4 Å². The number of nitrogens with one attached hydrogen (secondary N) is 1. The van der Waals surface area contributed by atoms with E-state index in [9.17, 15) is 15.0 Å². The summed E-state index contributed by atoms with van der Waals surface area (Å²) in [6.45, 7) is 0.240. The Bertz CT molecular complexity index is 1000. The van der Waals surface area contributed by atoms with Crippen LogP contribution in [0.4, 0.5) is 5.82 Å². The van der Waals surface area contributed by atoms with Crippen LogP contribution in [-0.4, -0.2) is 54.9 Å². The smallest absolute Gasteiger partial charge is 0.244 e. The van der Waals surface area contributed by atoms with Gasteiger partial charge in [-0.2, -0.15) is 0 Å². The highest BCUT2D eigenvalue weighted by atomic mass is 16.5. The highest BCUT2D eigenvalue weighted by molar-refractivity contribution is 5.92. The molecular formula is C19H22N6O4. The van der Waals surface area contributed by atoms with Crippen molar-refractivity contribution in [2.75, 3.05) is 18.9 Å². The molecule has 0 bridgehead atoms. The lowest BCUT2D eigenvalue weighted by Gasteiger charge is -2.17. The lowest BCUT2D eigenvalue weighted by atomic mass is 10.2. The van der Waals surface area contributed by atoms with Crippen LogP contribution in [0, 0.1) is 0 Å². The SMILES string of the molecule is Nc1ncnc2c1ncn2CO[C@@H](CCO)CNC(=O)/C=C/c1ccccc1O. The maximum Gasteiger partial charge on any atom is 0.244 e. The van der Waals surface area contributed by atoms with Crippen LogP contribution >= 0.6 is 0 Å². The molecule has 0 aliphatic carbocycles. The summed E-state index contributed by atoms with van der Waals surface area (Å²) in [6, 6.07) is 6.71. The quantitative estimate of drug-likeness (QED) is 0.384. The first-order valence-corrected chi connectivity index (χ1v) is 8.96. The normalized spacial score (nSPS) is 12.4. The van der Waals surface area contributed by atoms with Gasteiger partial charge in [-0.05, 0) is 18.6 Å². The standard InChI is InChI=1S/C19H22N6O4/c20-18-17-19(23-10-22-18)25(11-24-17)12-29-14(7-8-26)9-21-16(28)6-5-13-3-1-2-4-15(13)27/h1-6,10-11,14,26-27H,7-9,12H2,(H,21,28)(H2,20,22,23)/b6-5+/t14-/m0/s1. The van der Waals surface area contributed by atoms with E-state index in [0.717, 1.165) is 0 Å². The molecule has 10 heteroatoms. The zero-order chi connectivity index (χ0) is 20.6. The number of phenols is 1. The van der Waals surface area contributed by atoms with Gasteiger partial charge in [0.2, 0.25) is 5.91 Å². The van der Waals surface area contributed by atoms with Gasteiger partial charge in [0.1, 0.15) is 24.3 Å². The van der Waals surface area contributed by atoms with Gasteiger partial charge in [-0.1, -0.05) is 18.2 Å². The van der Waals surface area contributed by atoms with Crippen molar-refractivity contribution in [3.05, 3.63) is 48.6 Å². The second-order valence-electron chi connectivity index (χ2n) is 6.21. The van der Waals surface area contributed by atoms with Gasteiger partial charge < -0.3 is 26.0 Å². The average molecular weight is 398 g/mol. The van der Waals surface area contributed by atoms with Crippen molar-refractivity contribution in [2.45, 2.75) is 19.3 Å². The number of hydrogen-bond acceptors (Lipinski definition) is 8. The van der Waals surface area contributed by atoms with Gasteiger partial charge in [-0.25, -0.2) is 15.0 Å². The monoisotopic (exact) mass is 398 g/mol. The molecule has 1 atom stereocenters. The molecule has 3 rings (SSSR count). The second-order valence-corrected chi connectivity index (χ2v) is 6.21. The molecule has 3 aromatic rings. The Balaban J connectivity index is 1.55. The van der Waals surface area contributed by atoms with Crippen LogP contribution in [0.25, 0.3) is 17.2 Å².